The summed E-state index contributed by atoms with van der Waals surface area (Å²) in [6.07, 6.45) is 6.71. The standard InChI is InChI=1S/C24H24N6O3/c1-28(15-19-7-5-8-21(13-19)30-12-6-11-25-30)24(32)17-29-16-20(14-26-29)27-23(31)18-33-22-9-3-2-4-10-22/h2-14,16H,15,17-18H2,1H3,(H,27,31). The zero-order chi connectivity index (χ0) is 23.0. The molecule has 2 aromatic carbocycles. The fourth-order valence-corrected chi connectivity index (χ4v) is 3.22. The first kappa shape index (κ1) is 21.8. The molecule has 0 saturated carbocycles. The van der Waals surface area contributed by atoms with Crippen molar-refractivity contribution in [3.63, 3.8) is 0 Å². The molecular formula is C24H24N6O3. The van der Waals surface area contributed by atoms with E-state index in [1.807, 2.05) is 54.7 Å². The third kappa shape index (κ3) is 6.07. The van der Waals surface area contributed by atoms with E-state index in [0.717, 1.165) is 11.3 Å². The van der Waals surface area contributed by atoms with E-state index in [2.05, 4.69) is 15.5 Å². The number of nitrogens with zero attached hydrogens (tertiary/aromatic N) is 5. The second-order valence-electron chi connectivity index (χ2n) is 7.45. The van der Waals surface area contributed by atoms with Crippen molar-refractivity contribution < 1.29 is 14.3 Å². The van der Waals surface area contributed by atoms with Crippen molar-refractivity contribution in [3.05, 3.63) is 91.0 Å². The Balaban J connectivity index is 1.27. The topological polar surface area (TPSA) is 94.3 Å². The van der Waals surface area contributed by atoms with E-state index in [-0.39, 0.29) is 25.0 Å². The van der Waals surface area contributed by atoms with Crippen LogP contribution in [0.25, 0.3) is 5.69 Å². The van der Waals surface area contributed by atoms with Gasteiger partial charge < -0.3 is 15.0 Å². The van der Waals surface area contributed by atoms with Crippen molar-refractivity contribution in [2.24, 2.45) is 0 Å². The van der Waals surface area contributed by atoms with Crippen molar-refractivity contribution >= 4 is 17.5 Å². The number of likely N-dealkylation sites (N-methyl/N-ethyl adjacent to an activating group) is 1. The maximum atomic E-state index is 12.7. The highest BCUT2D eigenvalue weighted by Crippen LogP contribution is 2.12. The average molecular weight is 444 g/mol. The number of rotatable bonds is 9. The van der Waals surface area contributed by atoms with Gasteiger partial charge in [0.2, 0.25) is 5.91 Å². The Morgan fingerprint density at radius 3 is 2.70 bits per heavy atom. The van der Waals surface area contributed by atoms with Crippen LogP contribution in [0.2, 0.25) is 0 Å². The van der Waals surface area contributed by atoms with Crippen LogP contribution < -0.4 is 10.1 Å². The molecule has 1 N–H and O–H groups in total. The van der Waals surface area contributed by atoms with Crippen molar-refractivity contribution in [2.75, 3.05) is 19.0 Å². The first-order chi connectivity index (χ1) is 16.1. The first-order valence-electron chi connectivity index (χ1n) is 10.4. The van der Waals surface area contributed by atoms with Crippen LogP contribution in [0.15, 0.2) is 85.5 Å². The molecule has 0 aliphatic heterocycles. The lowest BCUT2D eigenvalue weighted by Crippen LogP contribution is -2.30. The zero-order valence-corrected chi connectivity index (χ0v) is 18.2. The third-order valence-electron chi connectivity index (χ3n) is 4.85. The van der Waals surface area contributed by atoms with Gasteiger partial charge in [0.1, 0.15) is 12.3 Å². The summed E-state index contributed by atoms with van der Waals surface area (Å²) in [4.78, 5) is 26.4. The number of nitrogens with one attached hydrogen (secondary N) is 1. The number of amides is 2. The van der Waals surface area contributed by atoms with Gasteiger partial charge in [-0.3, -0.25) is 14.3 Å². The SMILES string of the molecule is CN(Cc1cccc(-n2cccn2)c1)C(=O)Cn1cc(NC(=O)COc2ccccc2)cn1. The van der Waals surface area contributed by atoms with Gasteiger partial charge in [0.15, 0.2) is 6.61 Å². The van der Waals surface area contributed by atoms with E-state index in [1.165, 1.54) is 10.9 Å². The Kier molecular flexibility index (Phi) is 6.79. The van der Waals surface area contributed by atoms with Crippen molar-refractivity contribution in [1.82, 2.24) is 24.5 Å². The van der Waals surface area contributed by atoms with E-state index in [9.17, 15) is 9.59 Å². The summed E-state index contributed by atoms with van der Waals surface area (Å²) in [5.41, 5.74) is 2.42. The molecule has 2 amide bonds. The summed E-state index contributed by atoms with van der Waals surface area (Å²) in [5, 5.41) is 11.1. The molecule has 9 heteroatoms. The van der Waals surface area contributed by atoms with Crippen LogP contribution >= 0.6 is 0 Å². The number of carbonyl (C=O) groups excluding carboxylic acids is 2. The normalized spacial score (nSPS) is 10.6. The molecule has 2 heterocycles. The highest BCUT2D eigenvalue weighted by molar-refractivity contribution is 5.91. The number of benzene rings is 2. The quantitative estimate of drug-likeness (QED) is 0.428. The molecule has 0 unspecified atom stereocenters. The lowest BCUT2D eigenvalue weighted by molar-refractivity contribution is -0.131. The second kappa shape index (κ2) is 10.3. The molecule has 0 spiro atoms. The van der Waals surface area contributed by atoms with Crippen molar-refractivity contribution in [1.29, 1.82) is 0 Å². The fourth-order valence-electron chi connectivity index (χ4n) is 3.22. The Hall–Kier alpha value is -4.40. The molecule has 0 aliphatic rings. The number of hydrogen-bond acceptors (Lipinski definition) is 5. The number of aromatic nitrogens is 4. The van der Waals surface area contributed by atoms with E-state index >= 15 is 0 Å². The minimum Gasteiger partial charge on any atom is -0.484 e. The van der Waals surface area contributed by atoms with E-state index in [0.29, 0.717) is 18.0 Å². The average Bonchev–Trinajstić information content (AvgIpc) is 3.51. The van der Waals surface area contributed by atoms with Crippen LogP contribution in [-0.2, 0) is 22.7 Å². The Morgan fingerprint density at radius 2 is 1.91 bits per heavy atom. The molecule has 168 valence electrons. The van der Waals surface area contributed by atoms with Crippen LogP contribution in [0.3, 0.4) is 0 Å². The van der Waals surface area contributed by atoms with Gasteiger partial charge in [0, 0.05) is 32.2 Å². The lowest BCUT2D eigenvalue weighted by Gasteiger charge is -2.17. The predicted octanol–water partition coefficient (Wildman–Crippen LogP) is 2.74. The molecular weight excluding hydrogens is 420 g/mol. The Morgan fingerprint density at radius 1 is 1.06 bits per heavy atom. The van der Waals surface area contributed by atoms with Gasteiger partial charge in [0.05, 0.1) is 17.6 Å². The summed E-state index contributed by atoms with van der Waals surface area (Å²) >= 11 is 0. The first-order valence-corrected chi connectivity index (χ1v) is 10.4. The van der Waals surface area contributed by atoms with Crippen LogP contribution in [0.1, 0.15) is 5.56 Å². The minimum absolute atomic E-state index is 0.0612. The van der Waals surface area contributed by atoms with Gasteiger partial charge in [-0.1, -0.05) is 30.3 Å². The number of ether oxygens (including phenoxy) is 1. The monoisotopic (exact) mass is 444 g/mol. The van der Waals surface area contributed by atoms with Gasteiger partial charge >= 0.3 is 0 Å². The molecule has 0 saturated heterocycles. The van der Waals surface area contributed by atoms with E-state index in [4.69, 9.17) is 4.74 Å². The highest BCUT2D eigenvalue weighted by atomic mass is 16.5. The molecule has 2 aromatic heterocycles. The molecule has 0 bridgehead atoms. The van der Waals surface area contributed by atoms with Gasteiger partial charge in [-0.25, -0.2) is 4.68 Å². The molecule has 0 atom stereocenters. The number of hydrogen-bond donors (Lipinski definition) is 1. The maximum Gasteiger partial charge on any atom is 0.262 e. The lowest BCUT2D eigenvalue weighted by atomic mass is 10.2. The van der Waals surface area contributed by atoms with Crippen molar-refractivity contribution in [2.45, 2.75) is 13.1 Å². The third-order valence-corrected chi connectivity index (χ3v) is 4.85. The molecule has 4 rings (SSSR count). The summed E-state index contributed by atoms with van der Waals surface area (Å²) < 4.78 is 8.69. The number of para-hydroxylation sites is 1. The smallest absolute Gasteiger partial charge is 0.262 e. The van der Waals surface area contributed by atoms with Gasteiger partial charge in [0.25, 0.3) is 5.91 Å². The van der Waals surface area contributed by atoms with Crippen molar-refractivity contribution in [3.8, 4) is 11.4 Å². The minimum atomic E-state index is -0.307. The molecule has 4 aromatic rings. The largest absolute Gasteiger partial charge is 0.484 e. The zero-order valence-electron chi connectivity index (χ0n) is 18.2. The molecule has 0 fully saturated rings. The number of anilines is 1. The predicted molar refractivity (Wildman–Crippen MR) is 123 cm³/mol. The Labute approximate surface area is 191 Å². The number of carbonyl (C=O) groups is 2. The molecule has 0 radical (unpaired) electrons. The van der Waals surface area contributed by atoms with Crippen LogP contribution in [0.5, 0.6) is 5.75 Å². The van der Waals surface area contributed by atoms with Crippen LogP contribution in [-0.4, -0.2) is 49.9 Å². The highest BCUT2D eigenvalue weighted by Gasteiger charge is 2.13. The van der Waals surface area contributed by atoms with Crippen LogP contribution in [0, 0.1) is 0 Å². The molecule has 0 aliphatic carbocycles. The summed E-state index contributed by atoms with van der Waals surface area (Å²) in [7, 11) is 1.75. The molecule has 9 nitrogen and oxygen atoms in total. The summed E-state index contributed by atoms with van der Waals surface area (Å²) in [6.45, 7) is 0.399. The Bertz CT molecular complexity index is 1200. The van der Waals surface area contributed by atoms with Gasteiger partial charge in [-0.15, -0.1) is 0 Å². The van der Waals surface area contributed by atoms with Crippen LogP contribution in [0.4, 0.5) is 5.69 Å². The van der Waals surface area contributed by atoms with Gasteiger partial charge in [-0.2, -0.15) is 10.2 Å². The fraction of sp³-hybridized carbons (Fsp3) is 0.167. The second-order valence-corrected chi connectivity index (χ2v) is 7.45. The van der Waals surface area contributed by atoms with E-state index in [1.54, 1.807) is 41.2 Å². The maximum absolute atomic E-state index is 12.7. The summed E-state index contributed by atoms with van der Waals surface area (Å²) in [5.74, 6) is 0.207. The van der Waals surface area contributed by atoms with E-state index < -0.39 is 0 Å². The summed E-state index contributed by atoms with van der Waals surface area (Å²) in [6, 6.07) is 18.8. The van der Waals surface area contributed by atoms with Gasteiger partial charge in [-0.05, 0) is 35.9 Å². The molecule has 33 heavy (non-hydrogen) atoms.